The van der Waals surface area contributed by atoms with E-state index in [-0.39, 0.29) is 12.4 Å². The van der Waals surface area contributed by atoms with Crippen molar-refractivity contribution in [3.63, 3.8) is 0 Å². The highest BCUT2D eigenvalue weighted by atomic mass is 35.5. The average molecular weight is 374 g/mol. The Balaban J connectivity index is 0.00000196. The summed E-state index contributed by atoms with van der Waals surface area (Å²) in [6.45, 7) is 1.21. The number of hydrogen-bond donors (Lipinski definition) is 0. The Morgan fingerprint density at radius 1 is 0.962 bits per heavy atom. The highest BCUT2D eigenvalue weighted by Gasteiger charge is 2.52. The van der Waals surface area contributed by atoms with Gasteiger partial charge >= 0.3 is 0 Å². The second-order valence-corrected chi connectivity index (χ2v) is 9.48. The molecule has 0 radical (unpaired) electrons. The molecule has 144 valence electrons. The van der Waals surface area contributed by atoms with Crippen molar-refractivity contribution < 1.29 is 0 Å². The van der Waals surface area contributed by atoms with Crippen LogP contribution in [0.25, 0.3) is 5.57 Å². The van der Waals surface area contributed by atoms with Gasteiger partial charge in [-0.3, -0.25) is 0 Å². The van der Waals surface area contributed by atoms with E-state index in [0.717, 1.165) is 17.8 Å². The maximum atomic E-state index is 2.65. The summed E-state index contributed by atoms with van der Waals surface area (Å²) in [6.07, 6.45) is 15.5. The van der Waals surface area contributed by atoms with Crippen molar-refractivity contribution in [1.29, 1.82) is 0 Å². The second-order valence-electron chi connectivity index (χ2n) is 9.48. The van der Waals surface area contributed by atoms with Gasteiger partial charge in [0.25, 0.3) is 0 Å². The Bertz CT molecular complexity index is 569. The number of halogens is 1. The number of allylic oxidation sites excluding steroid dienone is 2. The molecule has 4 saturated carbocycles. The van der Waals surface area contributed by atoms with Gasteiger partial charge in [0.1, 0.15) is 0 Å². The Hall–Kier alpha value is -0.790. The molecule has 4 fully saturated rings. The fraction of sp³-hybridized carbons (Fsp3) is 0.667. The summed E-state index contributed by atoms with van der Waals surface area (Å²) < 4.78 is 0. The van der Waals surface area contributed by atoms with E-state index in [1.54, 1.807) is 5.57 Å². The molecular weight excluding hydrogens is 338 g/mol. The van der Waals surface area contributed by atoms with Crippen LogP contribution in [0.3, 0.4) is 0 Å². The van der Waals surface area contributed by atoms with Gasteiger partial charge in [0.15, 0.2) is 0 Å². The molecule has 0 saturated heterocycles. The third-order valence-corrected chi connectivity index (χ3v) is 7.10. The van der Waals surface area contributed by atoms with E-state index in [1.807, 2.05) is 0 Å². The molecule has 0 aromatic heterocycles. The van der Waals surface area contributed by atoms with Gasteiger partial charge in [-0.05, 0) is 113 Å². The number of hydrogen-bond acceptors (Lipinski definition) is 1. The molecule has 26 heavy (non-hydrogen) atoms. The average Bonchev–Trinajstić information content (AvgIpc) is 2.57. The van der Waals surface area contributed by atoms with E-state index in [1.165, 1.54) is 69.9 Å². The minimum Gasteiger partial charge on any atom is -0.309 e. The predicted molar refractivity (Wildman–Crippen MR) is 115 cm³/mol. The maximum Gasteiger partial charge on any atom is -0.00247 e. The SMILES string of the molecule is CN(C)CCCC/C=C(\c1ccccc1)C12CC3CC(CC(C3)C1)C2.Cl. The smallest absolute Gasteiger partial charge is 0.00247 e. The highest BCUT2D eigenvalue weighted by molar-refractivity contribution is 5.85. The van der Waals surface area contributed by atoms with Crippen LogP contribution in [0.4, 0.5) is 0 Å². The molecule has 2 heteroatoms. The summed E-state index contributed by atoms with van der Waals surface area (Å²) in [5, 5.41) is 0. The van der Waals surface area contributed by atoms with Gasteiger partial charge in [-0.2, -0.15) is 0 Å². The Morgan fingerprint density at radius 2 is 1.54 bits per heavy atom. The molecule has 0 N–H and O–H groups in total. The largest absolute Gasteiger partial charge is 0.309 e. The normalized spacial score (nSPS) is 32.7. The van der Waals surface area contributed by atoms with Gasteiger partial charge in [0.2, 0.25) is 0 Å². The lowest BCUT2D eigenvalue weighted by molar-refractivity contribution is -0.0178. The molecule has 0 spiro atoms. The van der Waals surface area contributed by atoms with Crippen LogP contribution in [0.2, 0.25) is 0 Å². The molecule has 0 unspecified atom stereocenters. The van der Waals surface area contributed by atoms with Gasteiger partial charge in [0.05, 0.1) is 0 Å². The molecule has 1 aromatic carbocycles. The molecule has 4 aliphatic rings. The lowest BCUT2D eigenvalue weighted by Gasteiger charge is -2.58. The van der Waals surface area contributed by atoms with Crippen LogP contribution in [0.5, 0.6) is 0 Å². The minimum atomic E-state index is 0. The van der Waals surface area contributed by atoms with E-state index in [9.17, 15) is 0 Å². The van der Waals surface area contributed by atoms with E-state index < -0.39 is 0 Å². The standard InChI is InChI=1S/C24H35N.ClH/c1-25(2)12-8-4-7-11-23(22-9-5-3-6-10-22)24-16-19-13-20(17-24)15-21(14-19)18-24;/h3,5-6,9-11,19-21H,4,7-8,12-18H2,1-2H3;1H/b23-11+;. The summed E-state index contributed by atoms with van der Waals surface area (Å²) in [6, 6.07) is 11.4. The van der Waals surface area contributed by atoms with Crippen LogP contribution in [-0.4, -0.2) is 25.5 Å². The predicted octanol–water partition coefficient (Wildman–Crippen LogP) is 6.44. The van der Waals surface area contributed by atoms with Crippen LogP contribution in [0.1, 0.15) is 63.4 Å². The fourth-order valence-electron chi connectivity index (χ4n) is 6.52. The Kier molecular flexibility index (Phi) is 6.51. The first-order valence-electron chi connectivity index (χ1n) is 10.6. The van der Waals surface area contributed by atoms with Crippen LogP contribution < -0.4 is 0 Å². The Labute approximate surface area is 166 Å². The third kappa shape index (κ3) is 4.20. The summed E-state index contributed by atoms with van der Waals surface area (Å²) >= 11 is 0. The van der Waals surface area contributed by atoms with E-state index in [4.69, 9.17) is 0 Å². The molecule has 0 aliphatic heterocycles. The van der Waals surface area contributed by atoms with Crippen molar-refractivity contribution in [3.05, 3.63) is 42.0 Å². The number of nitrogens with zero attached hydrogens (tertiary/aromatic N) is 1. The van der Waals surface area contributed by atoms with Crippen molar-refractivity contribution in [1.82, 2.24) is 4.90 Å². The van der Waals surface area contributed by atoms with Crippen molar-refractivity contribution >= 4 is 18.0 Å². The zero-order valence-corrected chi connectivity index (χ0v) is 17.4. The lowest BCUT2D eigenvalue weighted by atomic mass is 9.47. The first kappa shape index (κ1) is 20.0. The molecule has 0 atom stereocenters. The van der Waals surface area contributed by atoms with Gasteiger partial charge in [0, 0.05) is 0 Å². The molecule has 0 amide bonds. The second kappa shape index (κ2) is 8.48. The molecule has 5 rings (SSSR count). The van der Waals surface area contributed by atoms with Crippen LogP contribution >= 0.6 is 12.4 Å². The van der Waals surface area contributed by atoms with Gasteiger partial charge in [-0.15, -0.1) is 12.4 Å². The van der Waals surface area contributed by atoms with Crippen molar-refractivity contribution in [2.75, 3.05) is 20.6 Å². The molecule has 4 aliphatic carbocycles. The third-order valence-electron chi connectivity index (χ3n) is 7.10. The van der Waals surface area contributed by atoms with Crippen LogP contribution in [-0.2, 0) is 0 Å². The van der Waals surface area contributed by atoms with Gasteiger partial charge < -0.3 is 4.90 Å². The van der Waals surface area contributed by atoms with Crippen molar-refractivity contribution in [3.8, 4) is 0 Å². The first-order valence-corrected chi connectivity index (χ1v) is 10.6. The van der Waals surface area contributed by atoms with E-state index >= 15 is 0 Å². The van der Waals surface area contributed by atoms with Crippen LogP contribution in [0, 0.1) is 23.2 Å². The number of rotatable bonds is 7. The zero-order valence-electron chi connectivity index (χ0n) is 16.6. The summed E-state index contributed by atoms with van der Waals surface area (Å²) in [7, 11) is 4.36. The topological polar surface area (TPSA) is 3.24 Å². The Morgan fingerprint density at radius 3 is 2.08 bits per heavy atom. The number of benzene rings is 1. The molecule has 1 aromatic rings. The van der Waals surface area contributed by atoms with E-state index in [2.05, 4.69) is 55.4 Å². The molecule has 0 heterocycles. The van der Waals surface area contributed by atoms with E-state index in [0.29, 0.717) is 5.41 Å². The minimum absolute atomic E-state index is 0. The number of unbranched alkanes of at least 4 members (excludes halogenated alkanes) is 2. The summed E-state index contributed by atoms with van der Waals surface area (Å²) in [4.78, 5) is 2.31. The van der Waals surface area contributed by atoms with Crippen molar-refractivity contribution in [2.45, 2.75) is 57.8 Å². The maximum absolute atomic E-state index is 2.65. The molecule has 1 nitrogen and oxygen atoms in total. The van der Waals surface area contributed by atoms with Crippen LogP contribution in [0.15, 0.2) is 36.4 Å². The fourth-order valence-corrected chi connectivity index (χ4v) is 6.52. The van der Waals surface area contributed by atoms with Gasteiger partial charge in [-0.1, -0.05) is 36.4 Å². The highest BCUT2D eigenvalue weighted by Crippen LogP contribution is 2.64. The molecular formula is C24H36ClN. The zero-order chi connectivity index (χ0) is 17.3. The monoisotopic (exact) mass is 373 g/mol. The van der Waals surface area contributed by atoms with Crippen molar-refractivity contribution in [2.24, 2.45) is 23.2 Å². The summed E-state index contributed by atoms with van der Waals surface area (Å²) in [5.41, 5.74) is 3.74. The summed E-state index contributed by atoms with van der Waals surface area (Å²) in [5.74, 6) is 3.06. The van der Waals surface area contributed by atoms with Gasteiger partial charge in [-0.25, -0.2) is 0 Å². The lowest BCUT2D eigenvalue weighted by Crippen LogP contribution is -2.46. The molecule has 4 bridgehead atoms. The quantitative estimate of drug-likeness (QED) is 0.497. The first-order chi connectivity index (χ1) is 12.1.